The van der Waals surface area contributed by atoms with E-state index in [-0.39, 0.29) is 30.4 Å². The van der Waals surface area contributed by atoms with Crippen LogP contribution in [0.1, 0.15) is 19.4 Å². The first kappa shape index (κ1) is 25.9. The third-order valence-corrected chi connectivity index (χ3v) is 5.60. The van der Waals surface area contributed by atoms with E-state index in [0.29, 0.717) is 12.5 Å². The van der Waals surface area contributed by atoms with E-state index in [0.717, 1.165) is 48.7 Å². The van der Waals surface area contributed by atoms with Gasteiger partial charge in [-0.05, 0) is 24.0 Å². The highest BCUT2D eigenvalue weighted by molar-refractivity contribution is 5.85. The lowest BCUT2D eigenvalue weighted by Gasteiger charge is -2.31. The zero-order valence-corrected chi connectivity index (χ0v) is 20.5. The molecular formula is C25H32Cl2N4O. The first-order chi connectivity index (χ1) is 14.5. The molecule has 0 amide bonds. The average Bonchev–Trinajstić information content (AvgIpc) is 2.77. The second-order valence-corrected chi connectivity index (χ2v) is 8.38. The molecule has 32 heavy (non-hydrogen) atoms. The molecule has 1 saturated heterocycles. The van der Waals surface area contributed by atoms with Gasteiger partial charge in [-0.1, -0.05) is 68.4 Å². The Balaban J connectivity index is 0.00000181. The number of halogens is 2. The summed E-state index contributed by atoms with van der Waals surface area (Å²) in [5, 5.41) is 8.17. The van der Waals surface area contributed by atoms with E-state index in [1.165, 1.54) is 11.1 Å². The molecule has 3 aromatic rings. The smallest absolute Gasteiger partial charge is 0.290 e. The summed E-state index contributed by atoms with van der Waals surface area (Å²) in [5.41, 5.74) is 6.09. The quantitative estimate of drug-likeness (QED) is 0.576. The molecule has 0 saturated carbocycles. The summed E-state index contributed by atoms with van der Waals surface area (Å²) in [4.78, 5) is 15.5. The van der Waals surface area contributed by atoms with Crippen LogP contribution in [0, 0.1) is 12.8 Å². The Morgan fingerprint density at radius 1 is 0.906 bits per heavy atom. The van der Waals surface area contributed by atoms with Crippen LogP contribution in [0.5, 0.6) is 0 Å². The Morgan fingerprint density at radius 3 is 2.06 bits per heavy atom. The van der Waals surface area contributed by atoms with Gasteiger partial charge in [0.2, 0.25) is 0 Å². The Kier molecular flexibility index (Phi) is 9.32. The summed E-state index contributed by atoms with van der Waals surface area (Å²) in [5.74, 6) is 0.349. The minimum absolute atomic E-state index is 0. The predicted molar refractivity (Wildman–Crippen MR) is 139 cm³/mol. The number of hydrogen-bond donors (Lipinski definition) is 1. The topological polar surface area (TPSA) is 50.2 Å². The molecule has 4 rings (SSSR count). The number of rotatable bonds is 5. The summed E-state index contributed by atoms with van der Waals surface area (Å²) in [7, 11) is 0. The lowest BCUT2D eigenvalue weighted by Crippen LogP contribution is -2.47. The van der Waals surface area contributed by atoms with E-state index in [1.54, 1.807) is 4.68 Å². The summed E-state index contributed by atoms with van der Waals surface area (Å²) in [6.07, 6.45) is 0. The van der Waals surface area contributed by atoms with E-state index in [1.807, 2.05) is 13.0 Å². The van der Waals surface area contributed by atoms with Crippen molar-refractivity contribution < 1.29 is 0 Å². The lowest BCUT2D eigenvalue weighted by molar-refractivity contribution is 0.462. The molecule has 0 aliphatic carbocycles. The summed E-state index contributed by atoms with van der Waals surface area (Å²) in [6.45, 7) is 10.4. The monoisotopic (exact) mass is 474 g/mol. The van der Waals surface area contributed by atoms with Gasteiger partial charge in [0.05, 0.1) is 5.69 Å². The number of piperazine rings is 1. The standard InChI is InChI=1S/C25H30N4O.2ClH/c1-18(2)17-29-25(30)24(28-15-13-26-14-16-28)19(3)23(27-29)22-11-9-21(10-12-22)20-7-5-4-6-8-20;;/h4-12,18,26H,13-17H2,1-3H3;2*1H. The van der Waals surface area contributed by atoms with Crippen LogP contribution in [0.2, 0.25) is 0 Å². The third-order valence-electron chi connectivity index (χ3n) is 5.60. The van der Waals surface area contributed by atoms with Crippen LogP contribution in [0.15, 0.2) is 59.4 Å². The van der Waals surface area contributed by atoms with Gasteiger partial charge in [-0.3, -0.25) is 4.79 Å². The first-order valence-corrected chi connectivity index (χ1v) is 10.8. The molecule has 0 bridgehead atoms. The van der Waals surface area contributed by atoms with E-state index < -0.39 is 0 Å². The van der Waals surface area contributed by atoms with Crippen LogP contribution in [-0.2, 0) is 6.54 Å². The highest BCUT2D eigenvalue weighted by Crippen LogP contribution is 2.29. The van der Waals surface area contributed by atoms with Crippen molar-refractivity contribution in [2.45, 2.75) is 27.3 Å². The van der Waals surface area contributed by atoms with Gasteiger partial charge in [0.15, 0.2) is 0 Å². The number of anilines is 1. The Hall–Kier alpha value is -2.34. The van der Waals surface area contributed by atoms with Crippen molar-refractivity contribution in [1.82, 2.24) is 15.1 Å². The summed E-state index contributed by atoms with van der Waals surface area (Å²) < 4.78 is 1.66. The fraction of sp³-hybridized carbons (Fsp3) is 0.360. The number of nitrogens with zero attached hydrogens (tertiary/aromatic N) is 3. The van der Waals surface area contributed by atoms with E-state index in [2.05, 4.69) is 72.6 Å². The zero-order valence-electron chi connectivity index (χ0n) is 18.9. The van der Waals surface area contributed by atoms with Gasteiger partial charge >= 0.3 is 0 Å². The van der Waals surface area contributed by atoms with Crippen LogP contribution >= 0.6 is 24.8 Å². The number of aromatic nitrogens is 2. The van der Waals surface area contributed by atoms with Crippen LogP contribution in [0.25, 0.3) is 22.4 Å². The van der Waals surface area contributed by atoms with Gasteiger partial charge in [0, 0.05) is 43.9 Å². The van der Waals surface area contributed by atoms with Crippen molar-refractivity contribution in [3.05, 3.63) is 70.5 Å². The molecule has 2 aromatic carbocycles. The fourth-order valence-corrected chi connectivity index (χ4v) is 4.09. The van der Waals surface area contributed by atoms with Gasteiger partial charge in [-0.2, -0.15) is 5.10 Å². The van der Waals surface area contributed by atoms with Crippen LogP contribution < -0.4 is 15.8 Å². The molecular weight excluding hydrogens is 443 g/mol. The molecule has 7 heteroatoms. The second-order valence-electron chi connectivity index (χ2n) is 8.38. The van der Waals surface area contributed by atoms with Gasteiger partial charge < -0.3 is 10.2 Å². The molecule has 0 atom stereocenters. The fourth-order valence-electron chi connectivity index (χ4n) is 4.09. The van der Waals surface area contributed by atoms with Crippen LogP contribution in [-0.4, -0.2) is 36.0 Å². The first-order valence-electron chi connectivity index (χ1n) is 10.8. The highest BCUT2D eigenvalue weighted by atomic mass is 35.5. The van der Waals surface area contributed by atoms with Crippen molar-refractivity contribution in [2.75, 3.05) is 31.1 Å². The van der Waals surface area contributed by atoms with Gasteiger partial charge in [0.1, 0.15) is 5.69 Å². The highest BCUT2D eigenvalue weighted by Gasteiger charge is 2.22. The largest absolute Gasteiger partial charge is 0.364 e. The maximum Gasteiger partial charge on any atom is 0.290 e. The molecule has 2 heterocycles. The number of nitrogens with one attached hydrogen (secondary N) is 1. The van der Waals surface area contributed by atoms with Crippen molar-refractivity contribution in [2.24, 2.45) is 5.92 Å². The molecule has 1 aliphatic heterocycles. The van der Waals surface area contributed by atoms with Crippen molar-refractivity contribution in [3.8, 4) is 22.4 Å². The minimum atomic E-state index is 0. The number of hydrogen-bond acceptors (Lipinski definition) is 4. The van der Waals surface area contributed by atoms with Crippen molar-refractivity contribution in [3.63, 3.8) is 0 Å². The molecule has 5 nitrogen and oxygen atoms in total. The molecule has 172 valence electrons. The SMILES string of the molecule is Cc1c(-c2ccc(-c3ccccc3)cc2)nn(CC(C)C)c(=O)c1N1CCNCC1.Cl.Cl. The van der Waals surface area contributed by atoms with E-state index in [4.69, 9.17) is 5.10 Å². The molecule has 1 aromatic heterocycles. The molecule has 1 N–H and O–H groups in total. The minimum Gasteiger partial charge on any atom is -0.364 e. The molecule has 1 aliphatic rings. The van der Waals surface area contributed by atoms with E-state index in [9.17, 15) is 4.79 Å². The maximum atomic E-state index is 13.3. The van der Waals surface area contributed by atoms with Crippen LogP contribution in [0.4, 0.5) is 5.69 Å². The molecule has 0 unspecified atom stereocenters. The van der Waals surface area contributed by atoms with Gasteiger partial charge in [-0.25, -0.2) is 4.68 Å². The molecule has 0 radical (unpaired) electrons. The Bertz CT molecular complexity index is 1060. The molecule has 1 fully saturated rings. The van der Waals surface area contributed by atoms with Crippen molar-refractivity contribution in [1.29, 1.82) is 0 Å². The second kappa shape index (κ2) is 11.5. The summed E-state index contributed by atoms with van der Waals surface area (Å²) >= 11 is 0. The number of benzene rings is 2. The average molecular weight is 475 g/mol. The van der Waals surface area contributed by atoms with Gasteiger partial charge in [-0.15, -0.1) is 24.8 Å². The molecule has 0 spiro atoms. The predicted octanol–water partition coefficient (Wildman–Crippen LogP) is 4.79. The zero-order chi connectivity index (χ0) is 21.1. The maximum absolute atomic E-state index is 13.3. The summed E-state index contributed by atoms with van der Waals surface area (Å²) in [6, 6.07) is 18.9. The third kappa shape index (κ3) is 5.52. The van der Waals surface area contributed by atoms with E-state index >= 15 is 0 Å². The Morgan fingerprint density at radius 2 is 1.47 bits per heavy atom. The Labute approximate surface area is 202 Å². The van der Waals surface area contributed by atoms with Crippen molar-refractivity contribution >= 4 is 30.5 Å². The normalized spacial score (nSPS) is 13.4. The van der Waals surface area contributed by atoms with Gasteiger partial charge in [0.25, 0.3) is 5.56 Å². The van der Waals surface area contributed by atoms with Crippen LogP contribution in [0.3, 0.4) is 0 Å². The lowest BCUT2D eigenvalue weighted by atomic mass is 10.0.